The number of hydrogen-bond acceptors (Lipinski definition) is 2. The fraction of sp³-hybridized carbons (Fsp3) is 0.0286. The molecule has 0 saturated carbocycles. The molecule has 6 aromatic carbocycles. The van der Waals surface area contributed by atoms with Gasteiger partial charge in [0.25, 0.3) is 0 Å². The number of benzene rings is 6. The Bertz CT molecular complexity index is 1630. The SMILES string of the molecule is C(=C\C(c1cccc2ccccc12)P(Oc1ccccc1)Oc1ccccc1)/c1cccc2ccccc12. The van der Waals surface area contributed by atoms with Crippen LogP contribution in [0.25, 0.3) is 27.6 Å². The maximum absolute atomic E-state index is 6.65. The summed E-state index contributed by atoms with van der Waals surface area (Å²) in [4.78, 5) is 0. The minimum Gasteiger partial charge on any atom is -0.438 e. The van der Waals surface area contributed by atoms with Gasteiger partial charge in [0.2, 0.25) is 0 Å². The lowest BCUT2D eigenvalue weighted by atomic mass is 10.00. The van der Waals surface area contributed by atoms with E-state index < -0.39 is 8.38 Å². The van der Waals surface area contributed by atoms with Crippen molar-refractivity contribution in [3.05, 3.63) is 163 Å². The lowest BCUT2D eigenvalue weighted by Gasteiger charge is -2.26. The van der Waals surface area contributed by atoms with Crippen LogP contribution in [-0.2, 0) is 0 Å². The monoisotopic (exact) mass is 510 g/mol. The molecule has 0 heterocycles. The Morgan fingerprint density at radius 3 is 1.63 bits per heavy atom. The van der Waals surface area contributed by atoms with Crippen LogP contribution in [0.3, 0.4) is 0 Å². The second-order valence-electron chi connectivity index (χ2n) is 9.03. The van der Waals surface area contributed by atoms with Gasteiger partial charge < -0.3 is 9.05 Å². The first-order valence-corrected chi connectivity index (χ1v) is 14.0. The number of rotatable bonds is 8. The maximum atomic E-state index is 6.65. The van der Waals surface area contributed by atoms with Gasteiger partial charge in [-0.1, -0.05) is 133 Å². The van der Waals surface area contributed by atoms with Gasteiger partial charge in [0, 0.05) is 0 Å². The van der Waals surface area contributed by atoms with E-state index in [1.165, 1.54) is 32.7 Å². The Morgan fingerprint density at radius 1 is 0.474 bits per heavy atom. The maximum Gasteiger partial charge on any atom is 0.302 e. The molecule has 3 heteroatoms. The Kier molecular flexibility index (Phi) is 7.15. The Hall–Kier alpha value is -4.39. The summed E-state index contributed by atoms with van der Waals surface area (Å²) in [5, 5.41) is 4.84. The highest BCUT2D eigenvalue weighted by molar-refractivity contribution is 7.48. The van der Waals surface area contributed by atoms with E-state index in [1.54, 1.807) is 0 Å². The number of fused-ring (bicyclic) bond motifs is 2. The van der Waals surface area contributed by atoms with Crippen LogP contribution in [0.5, 0.6) is 11.5 Å². The summed E-state index contributed by atoms with van der Waals surface area (Å²) in [6.45, 7) is 0. The molecule has 0 saturated heterocycles. The largest absolute Gasteiger partial charge is 0.438 e. The molecule has 0 aromatic heterocycles. The second-order valence-corrected chi connectivity index (χ2v) is 10.5. The molecule has 38 heavy (non-hydrogen) atoms. The van der Waals surface area contributed by atoms with Crippen LogP contribution in [0, 0.1) is 0 Å². The molecule has 0 N–H and O–H groups in total. The predicted molar refractivity (Wildman–Crippen MR) is 161 cm³/mol. The van der Waals surface area contributed by atoms with Gasteiger partial charge in [-0.2, -0.15) is 0 Å². The summed E-state index contributed by atoms with van der Waals surface area (Å²) >= 11 is 0. The summed E-state index contributed by atoms with van der Waals surface area (Å²) in [5.41, 5.74) is 2.22. The van der Waals surface area contributed by atoms with E-state index >= 15 is 0 Å². The van der Waals surface area contributed by atoms with Crippen LogP contribution in [0.15, 0.2) is 152 Å². The smallest absolute Gasteiger partial charge is 0.302 e. The predicted octanol–water partition coefficient (Wildman–Crippen LogP) is 10.2. The average Bonchev–Trinajstić information content (AvgIpc) is 2.98. The van der Waals surface area contributed by atoms with Gasteiger partial charge in [-0.15, -0.1) is 0 Å². The van der Waals surface area contributed by atoms with Crippen LogP contribution in [-0.4, -0.2) is 0 Å². The van der Waals surface area contributed by atoms with E-state index in [0.717, 1.165) is 11.5 Å². The zero-order valence-electron chi connectivity index (χ0n) is 20.9. The number of para-hydroxylation sites is 2. The van der Waals surface area contributed by atoms with Crippen molar-refractivity contribution in [2.45, 2.75) is 5.66 Å². The van der Waals surface area contributed by atoms with Crippen molar-refractivity contribution in [1.82, 2.24) is 0 Å². The van der Waals surface area contributed by atoms with Gasteiger partial charge in [0.15, 0.2) is 0 Å². The number of allylic oxidation sites excluding steroid dienone is 1. The molecule has 184 valence electrons. The fourth-order valence-electron chi connectivity index (χ4n) is 4.69. The first kappa shape index (κ1) is 24.0. The van der Waals surface area contributed by atoms with E-state index in [9.17, 15) is 0 Å². The van der Waals surface area contributed by atoms with Crippen LogP contribution < -0.4 is 9.05 Å². The standard InChI is InChI=1S/C35H27O2P/c1-3-18-30(19-4-1)36-38(37-31-20-5-2-6-21-31)35(34-24-12-17-28-14-8-10-23-33(28)34)26-25-29-16-11-15-27-13-7-9-22-32(27)29/h1-26,35H/b26-25+. The molecular formula is C35H27O2P. The highest BCUT2D eigenvalue weighted by Crippen LogP contribution is 2.55. The van der Waals surface area contributed by atoms with Crippen molar-refractivity contribution in [3.63, 3.8) is 0 Å². The van der Waals surface area contributed by atoms with E-state index in [2.05, 4.69) is 97.1 Å². The zero-order chi connectivity index (χ0) is 25.6. The van der Waals surface area contributed by atoms with Crippen molar-refractivity contribution in [2.75, 3.05) is 0 Å². The molecule has 0 fully saturated rings. The summed E-state index contributed by atoms with van der Waals surface area (Å²) in [5.74, 6) is 1.58. The second kappa shape index (κ2) is 11.3. The third kappa shape index (κ3) is 5.32. The molecule has 0 aliphatic heterocycles. The molecule has 1 unspecified atom stereocenters. The molecule has 6 aromatic rings. The minimum absolute atomic E-state index is 0.129. The van der Waals surface area contributed by atoms with E-state index in [1.807, 2.05) is 60.7 Å². The van der Waals surface area contributed by atoms with Crippen LogP contribution >= 0.6 is 8.38 Å². The van der Waals surface area contributed by atoms with E-state index in [4.69, 9.17) is 9.05 Å². The highest BCUT2D eigenvalue weighted by atomic mass is 31.2. The molecule has 0 aliphatic carbocycles. The molecular weight excluding hydrogens is 483 g/mol. The van der Waals surface area contributed by atoms with E-state index in [-0.39, 0.29) is 5.66 Å². The lowest BCUT2D eigenvalue weighted by molar-refractivity contribution is 0.483. The Labute approximate surface area is 224 Å². The molecule has 2 nitrogen and oxygen atoms in total. The molecule has 6 rings (SSSR count). The summed E-state index contributed by atoms with van der Waals surface area (Å²) < 4.78 is 13.3. The lowest BCUT2D eigenvalue weighted by Crippen LogP contribution is -2.05. The van der Waals surface area contributed by atoms with Gasteiger partial charge in [0.1, 0.15) is 11.5 Å². The van der Waals surface area contributed by atoms with E-state index in [0.29, 0.717) is 0 Å². The van der Waals surface area contributed by atoms with Crippen molar-refractivity contribution >= 4 is 36.0 Å². The molecule has 0 aliphatic rings. The van der Waals surface area contributed by atoms with Gasteiger partial charge >= 0.3 is 8.38 Å². The Morgan fingerprint density at radius 2 is 0.974 bits per heavy atom. The molecule has 0 spiro atoms. The normalized spacial score (nSPS) is 12.2. The molecule has 0 radical (unpaired) electrons. The van der Waals surface area contributed by atoms with Crippen molar-refractivity contribution in [2.24, 2.45) is 0 Å². The van der Waals surface area contributed by atoms with Crippen molar-refractivity contribution in [3.8, 4) is 11.5 Å². The topological polar surface area (TPSA) is 18.5 Å². The van der Waals surface area contributed by atoms with Crippen molar-refractivity contribution < 1.29 is 9.05 Å². The quantitative estimate of drug-likeness (QED) is 0.190. The van der Waals surface area contributed by atoms with Crippen LogP contribution in [0.4, 0.5) is 0 Å². The number of hydrogen-bond donors (Lipinski definition) is 0. The summed E-state index contributed by atoms with van der Waals surface area (Å²) in [6.07, 6.45) is 4.47. The highest BCUT2D eigenvalue weighted by Gasteiger charge is 2.29. The fourth-order valence-corrected chi connectivity index (χ4v) is 6.29. The van der Waals surface area contributed by atoms with Gasteiger partial charge in [0.05, 0.1) is 5.66 Å². The minimum atomic E-state index is -1.45. The third-order valence-corrected chi connectivity index (χ3v) is 8.21. The summed E-state index contributed by atoms with van der Waals surface area (Å²) in [6, 6.07) is 49.8. The Balaban J connectivity index is 1.49. The van der Waals surface area contributed by atoms with Crippen LogP contribution in [0.2, 0.25) is 0 Å². The molecule has 0 amide bonds. The average molecular weight is 511 g/mol. The van der Waals surface area contributed by atoms with Gasteiger partial charge in [-0.05, 0) is 56.9 Å². The third-order valence-electron chi connectivity index (χ3n) is 6.53. The molecule has 1 atom stereocenters. The van der Waals surface area contributed by atoms with Crippen molar-refractivity contribution in [1.29, 1.82) is 0 Å². The first-order valence-electron chi connectivity index (χ1n) is 12.7. The first-order chi connectivity index (χ1) is 18.8. The molecule has 0 bridgehead atoms. The van der Waals surface area contributed by atoms with Crippen LogP contribution in [0.1, 0.15) is 16.8 Å². The van der Waals surface area contributed by atoms with Gasteiger partial charge in [-0.3, -0.25) is 0 Å². The van der Waals surface area contributed by atoms with Gasteiger partial charge in [-0.25, -0.2) is 0 Å². The zero-order valence-corrected chi connectivity index (χ0v) is 21.7. The summed E-state index contributed by atoms with van der Waals surface area (Å²) in [7, 11) is -1.45.